The van der Waals surface area contributed by atoms with Crippen LogP contribution in [-0.4, -0.2) is 10.9 Å². The summed E-state index contributed by atoms with van der Waals surface area (Å²) in [5.74, 6) is -0.176. The lowest BCUT2D eigenvalue weighted by atomic mass is 9.92. The van der Waals surface area contributed by atoms with Gasteiger partial charge in [0.25, 0.3) is 5.91 Å². The molecule has 3 nitrogen and oxygen atoms in total. The number of benzene rings is 2. The fourth-order valence-corrected chi connectivity index (χ4v) is 3.56. The maximum absolute atomic E-state index is 12.7. The number of carbonyl (C=O) groups is 1. The molecule has 0 aliphatic heterocycles. The number of fused-ring (bicyclic) bond motifs is 2. The third kappa shape index (κ3) is 2.65. The van der Waals surface area contributed by atoms with Crippen LogP contribution in [0.1, 0.15) is 34.5 Å². The summed E-state index contributed by atoms with van der Waals surface area (Å²) in [6.45, 7) is 0. The molecule has 1 aliphatic rings. The van der Waals surface area contributed by atoms with Gasteiger partial charge in [0.15, 0.2) is 0 Å². The maximum atomic E-state index is 12.7. The SMILES string of the molecule is O=C(Nc1c2c(nc3ccccc13)CCCC2)c1ccccc1Cl. The third-order valence-electron chi connectivity index (χ3n) is 4.53. The first kappa shape index (κ1) is 15.2. The van der Waals surface area contributed by atoms with E-state index in [-0.39, 0.29) is 5.91 Å². The standard InChI is InChI=1S/C20H17ClN2O/c21-16-10-4-1-7-13(16)20(24)23-19-14-8-2-5-11-17(14)22-18-12-6-3-9-15(18)19/h1-2,4-5,7-8,10-11H,3,6,9,12H2,(H,22,23,24). The first-order valence-electron chi connectivity index (χ1n) is 8.20. The van der Waals surface area contributed by atoms with Gasteiger partial charge in [-0.2, -0.15) is 0 Å². The van der Waals surface area contributed by atoms with Crippen molar-refractivity contribution in [2.24, 2.45) is 0 Å². The Balaban J connectivity index is 1.83. The zero-order valence-electron chi connectivity index (χ0n) is 13.2. The first-order chi connectivity index (χ1) is 11.7. The van der Waals surface area contributed by atoms with Crippen molar-refractivity contribution in [1.29, 1.82) is 0 Å². The Morgan fingerprint density at radius 3 is 2.62 bits per heavy atom. The van der Waals surface area contributed by atoms with Gasteiger partial charge < -0.3 is 5.32 Å². The van der Waals surface area contributed by atoms with Gasteiger partial charge in [-0.25, -0.2) is 0 Å². The fraction of sp³-hybridized carbons (Fsp3) is 0.200. The maximum Gasteiger partial charge on any atom is 0.257 e. The molecule has 2 aromatic carbocycles. The van der Waals surface area contributed by atoms with Gasteiger partial charge in [-0.3, -0.25) is 9.78 Å². The van der Waals surface area contributed by atoms with E-state index in [9.17, 15) is 4.79 Å². The highest BCUT2D eigenvalue weighted by molar-refractivity contribution is 6.34. The van der Waals surface area contributed by atoms with Crippen molar-refractivity contribution in [2.75, 3.05) is 5.32 Å². The Bertz CT molecular complexity index is 936. The van der Waals surface area contributed by atoms with Gasteiger partial charge in [0.1, 0.15) is 0 Å². The largest absolute Gasteiger partial charge is 0.321 e. The molecule has 1 heterocycles. The summed E-state index contributed by atoms with van der Waals surface area (Å²) in [6.07, 6.45) is 4.19. The van der Waals surface area contributed by atoms with E-state index in [2.05, 4.69) is 5.32 Å². The number of amides is 1. The topological polar surface area (TPSA) is 42.0 Å². The zero-order valence-corrected chi connectivity index (χ0v) is 13.9. The summed E-state index contributed by atoms with van der Waals surface area (Å²) in [4.78, 5) is 17.5. The number of hydrogen-bond acceptors (Lipinski definition) is 2. The second-order valence-electron chi connectivity index (χ2n) is 6.07. The van der Waals surface area contributed by atoms with Crippen LogP contribution < -0.4 is 5.32 Å². The predicted octanol–water partition coefficient (Wildman–Crippen LogP) is 5.02. The van der Waals surface area contributed by atoms with E-state index >= 15 is 0 Å². The molecule has 0 atom stereocenters. The monoisotopic (exact) mass is 336 g/mol. The molecule has 1 aromatic heterocycles. The average molecular weight is 337 g/mol. The number of halogens is 1. The number of rotatable bonds is 2. The molecular formula is C20H17ClN2O. The number of hydrogen-bond donors (Lipinski definition) is 1. The Morgan fingerprint density at radius 2 is 1.75 bits per heavy atom. The molecule has 3 aromatic rings. The lowest BCUT2D eigenvalue weighted by molar-refractivity contribution is 0.102. The second kappa shape index (κ2) is 6.25. The van der Waals surface area contributed by atoms with Crippen molar-refractivity contribution < 1.29 is 4.79 Å². The van der Waals surface area contributed by atoms with Gasteiger partial charge in [0.05, 0.1) is 21.8 Å². The molecule has 0 saturated carbocycles. The predicted molar refractivity (Wildman–Crippen MR) is 97.8 cm³/mol. The Labute approximate surface area is 145 Å². The van der Waals surface area contributed by atoms with Crippen LogP contribution in [0.2, 0.25) is 5.02 Å². The van der Waals surface area contributed by atoms with Crippen LogP contribution >= 0.6 is 11.6 Å². The summed E-state index contributed by atoms with van der Waals surface area (Å²) in [5, 5.41) is 4.55. The van der Waals surface area contributed by atoms with E-state index < -0.39 is 0 Å². The summed E-state index contributed by atoms with van der Waals surface area (Å²) >= 11 is 6.17. The van der Waals surface area contributed by atoms with Crippen LogP contribution in [0.5, 0.6) is 0 Å². The van der Waals surface area contributed by atoms with Crippen molar-refractivity contribution in [2.45, 2.75) is 25.7 Å². The summed E-state index contributed by atoms with van der Waals surface area (Å²) in [7, 11) is 0. The fourth-order valence-electron chi connectivity index (χ4n) is 3.34. The van der Waals surface area contributed by atoms with Crippen LogP contribution in [0.3, 0.4) is 0 Å². The summed E-state index contributed by atoms with van der Waals surface area (Å²) in [5.41, 5.74) is 4.58. The van der Waals surface area contributed by atoms with Crippen molar-refractivity contribution in [3.05, 3.63) is 70.4 Å². The molecule has 0 fully saturated rings. The number of nitrogens with zero attached hydrogens (tertiary/aromatic N) is 1. The van der Waals surface area contributed by atoms with Gasteiger partial charge in [-0.15, -0.1) is 0 Å². The molecular weight excluding hydrogens is 320 g/mol. The molecule has 120 valence electrons. The van der Waals surface area contributed by atoms with Crippen molar-refractivity contribution in [3.63, 3.8) is 0 Å². The first-order valence-corrected chi connectivity index (χ1v) is 8.58. The summed E-state index contributed by atoms with van der Waals surface area (Å²) in [6, 6.07) is 15.1. The minimum atomic E-state index is -0.176. The summed E-state index contributed by atoms with van der Waals surface area (Å²) < 4.78 is 0. The highest BCUT2D eigenvalue weighted by atomic mass is 35.5. The number of carbonyl (C=O) groups excluding carboxylic acids is 1. The highest BCUT2D eigenvalue weighted by Gasteiger charge is 2.20. The molecule has 0 saturated heterocycles. The van der Waals surface area contributed by atoms with Gasteiger partial charge in [0, 0.05) is 11.1 Å². The van der Waals surface area contributed by atoms with Crippen LogP contribution in [0.25, 0.3) is 10.9 Å². The van der Waals surface area contributed by atoms with E-state index in [1.54, 1.807) is 12.1 Å². The van der Waals surface area contributed by atoms with Gasteiger partial charge in [-0.1, -0.05) is 41.9 Å². The third-order valence-corrected chi connectivity index (χ3v) is 4.86. The zero-order chi connectivity index (χ0) is 16.5. The number of para-hydroxylation sites is 1. The second-order valence-corrected chi connectivity index (χ2v) is 6.48. The molecule has 1 amide bonds. The minimum absolute atomic E-state index is 0.176. The molecule has 1 N–H and O–H groups in total. The van der Waals surface area contributed by atoms with E-state index in [0.717, 1.165) is 48.0 Å². The van der Waals surface area contributed by atoms with Crippen LogP contribution in [0, 0.1) is 0 Å². The average Bonchev–Trinajstić information content (AvgIpc) is 2.62. The highest BCUT2D eigenvalue weighted by Crippen LogP contribution is 2.33. The number of anilines is 1. The number of aromatic nitrogens is 1. The van der Waals surface area contributed by atoms with Crippen LogP contribution in [0.15, 0.2) is 48.5 Å². The van der Waals surface area contributed by atoms with Gasteiger partial charge in [0.2, 0.25) is 0 Å². The molecule has 1 aliphatic carbocycles. The van der Waals surface area contributed by atoms with Crippen molar-refractivity contribution in [1.82, 2.24) is 4.98 Å². The van der Waals surface area contributed by atoms with Crippen LogP contribution in [-0.2, 0) is 12.8 Å². The Hall–Kier alpha value is -2.39. The molecule has 0 unspecified atom stereocenters. The lowest BCUT2D eigenvalue weighted by Crippen LogP contribution is -2.17. The quantitative estimate of drug-likeness (QED) is 0.714. The minimum Gasteiger partial charge on any atom is -0.321 e. The molecule has 4 heteroatoms. The van der Waals surface area contributed by atoms with Crippen molar-refractivity contribution >= 4 is 34.1 Å². The van der Waals surface area contributed by atoms with E-state index in [1.807, 2.05) is 36.4 Å². The lowest BCUT2D eigenvalue weighted by Gasteiger charge is -2.21. The molecule has 4 rings (SSSR count). The van der Waals surface area contributed by atoms with E-state index in [0.29, 0.717) is 10.6 Å². The smallest absolute Gasteiger partial charge is 0.257 e. The number of nitrogens with one attached hydrogen (secondary N) is 1. The van der Waals surface area contributed by atoms with E-state index in [1.165, 1.54) is 5.56 Å². The van der Waals surface area contributed by atoms with E-state index in [4.69, 9.17) is 16.6 Å². The normalized spacial score (nSPS) is 13.5. The molecule has 0 spiro atoms. The molecule has 24 heavy (non-hydrogen) atoms. The Kier molecular flexibility index (Phi) is 3.95. The number of pyridine rings is 1. The van der Waals surface area contributed by atoms with Gasteiger partial charge >= 0.3 is 0 Å². The van der Waals surface area contributed by atoms with Gasteiger partial charge in [-0.05, 0) is 49.4 Å². The van der Waals surface area contributed by atoms with Crippen molar-refractivity contribution in [3.8, 4) is 0 Å². The molecule has 0 radical (unpaired) electrons. The Morgan fingerprint density at radius 1 is 1.00 bits per heavy atom. The molecule has 0 bridgehead atoms. The van der Waals surface area contributed by atoms with Crippen LogP contribution in [0.4, 0.5) is 5.69 Å². The number of aryl methyl sites for hydroxylation is 1.